The standard InChI is InChI=1S/C23H22F4N4O3/c1-33-18-9-7-17(8-10-18)31(22(32)30-11-3-2-4-12-30)14-16-6-5-15(13-19(16)24)20-28-29-21(34-20)23(25,26)27/h5-10,13H,2-4,11-12,14H2,1H3. The fourth-order valence-electron chi connectivity index (χ4n) is 3.72. The maximum atomic E-state index is 15.0. The van der Waals surface area contributed by atoms with E-state index >= 15 is 0 Å². The Balaban J connectivity index is 1.61. The van der Waals surface area contributed by atoms with E-state index in [1.54, 1.807) is 29.2 Å². The van der Waals surface area contributed by atoms with Gasteiger partial charge in [0.05, 0.1) is 13.7 Å². The number of anilines is 1. The van der Waals surface area contributed by atoms with Gasteiger partial charge in [-0.25, -0.2) is 9.18 Å². The molecule has 180 valence electrons. The predicted molar refractivity (Wildman–Crippen MR) is 115 cm³/mol. The van der Waals surface area contributed by atoms with Gasteiger partial charge in [-0.1, -0.05) is 6.07 Å². The molecule has 1 saturated heterocycles. The molecule has 0 unspecified atom stereocenters. The van der Waals surface area contributed by atoms with E-state index in [2.05, 4.69) is 14.6 Å². The first kappa shape index (κ1) is 23.5. The van der Waals surface area contributed by atoms with E-state index in [0.29, 0.717) is 24.5 Å². The maximum absolute atomic E-state index is 15.0. The van der Waals surface area contributed by atoms with Crippen molar-refractivity contribution in [2.24, 2.45) is 0 Å². The first-order chi connectivity index (χ1) is 16.3. The van der Waals surface area contributed by atoms with E-state index < -0.39 is 23.8 Å². The van der Waals surface area contributed by atoms with E-state index in [4.69, 9.17) is 4.74 Å². The van der Waals surface area contributed by atoms with E-state index in [9.17, 15) is 22.4 Å². The Kier molecular flexibility index (Phi) is 6.71. The number of benzene rings is 2. The third-order valence-electron chi connectivity index (χ3n) is 5.54. The second-order valence-electron chi connectivity index (χ2n) is 7.83. The Morgan fingerprint density at radius 1 is 1.09 bits per heavy atom. The van der Waals surface area contributed by atoms with Crippen LogP contribution in [0.25, 0.3) is 11.5 Å². The molecule has 1 aliphatic rings. The summed E-state index contributed by atoms with van der Waals surface area (Å²) in [6.45, 7) is 1.16. The predicted octanol–water partition coefficient (Wildman–Crippen LogP) is 5.52. The fourth-order valence-corrected chi connectivity index (χ4v) is 3.72. The van der Waals surface area contributed by atoms with Crippen molar-refractivity contribution in [1.82, 2.24) is 15.1 Å². The highest BCUT2D eigenvalue weighted by atomic mass is 19.4. The van der Waals surface area contributed by atoms with Crippen molar-refractivity contribution in [3.8, 4) is 17.2 Å². The molecule has 2 heterocycles. The number of nitrogens with zero attached hydrogens (tertiary/aromatic N) is 4. The highest BCUT2D eigenvalue weighted by molar-refractivity contribution is 5.92. The van der Waals surface area contributed by atoms with Gasteiger partial charge in [0.15, 0.2) is 0 Å². The topological polar surface area (TPSA) is 71.7 Å². The lowest BCUT2D eigenvalue weighted by atomic mass is 10.1. The summed E-state index contributed by atoms with van der Waals surface area (Å²) in [5.74, 6) is -2.06. The second kappa shape index (κ2) is 9.70. The number of hydrogen-bond acceptors (Lipinski definition) is 5. The molecule has 4 rings (SSSR count). The van der Waals surface area contributed by atoms with Crippen LogP contribution in [-0.4, -0.2) is 41.3 Å². The molecule has 0 aliphatic carbocycles. The Labute approximate surface area is 192 Å². The van der Waals surface area contributed by atoms with Crippen LogP contribution < -0.4 is 9.64 Å². The number of methoxy groups -OCH3 is 1. The lowest BCUT2D eigenvalue weighted by Gasteiger charge is -2.33. The van der Waals surface area contributed by atoms with Gasteiger partial charge in [-0.15, -0.1) is 10.2 Å². The summed E-state index contributed by atoms with van der Waals surface area (Å²) in [5.41, 5.74) is 0.745. The van der Waals surface area contributed by atoms with Gasteiger partial charge in [-0.05, 0) is 55.7 Å². The fraction of sp³-hybridized carbons (Fsp3) is 0.348. The van der Waals surface area contributed by atoms with Crippen LogP contribution in [0.3, 0.4) is 0 Å². The normalized spacial score (nSPS) is 14.2. The Morgan fingerprint density at radius 2 is 1.79 bits per heavy atom. The average Bonchev–Trinajstić information content (AvgIpc) is 3.35. The molecule has 11 heteroatoms. The monoisotopic (exact) mass is 478 g/mol. The van der Waals surface area contributed by atoms with Crippen molar-refractivity contribution >= 4 is 11.7 Å². The molecule has 0 saturated carbocycles. The number of carbonyl (C=O) groups excluding carboxylic acids is 1. The number of urea groups is 1. The quantitative estimate of drug-likeness (QED) is 0.452. The number of amides is 2. The van der Waals surface area contributed by atoms with Gasteiger partial charge >= 0.3 is 18.1 Å². The number of ether oxygens (including phenoxy) is 1. The van der Waals surface area contributed by atoms with E-state index in [1.807, 2.05) is 0 Å². The number of aromatic nitrogens is 2. The van der Waals surface area contributed by atoms with Crippen molar-refractivity contribution in [2.45, 2.75) is 32.0 Å². The van der Waals surface area contributed by atoms with Crippen LogP contribution in [0.4, 0.5) is 28.0 Å². The van der Waals surface area contributed by atoms with Crippen molar-refractivity contribution in [3.63, 3.8) is 0 Å². The lowest BCUT2D eigenvalue weighted by molar-refractivity contribution is -0.156. The van der Waals surface area contributed by atoms with Crippen molar-refractivity contribution in [2.75, 3.05) is 25.1 Å². The minimum atomic E-state index is -4.79. The first-order valence-electron chi connectivity index (χ1n) is 10.7. The number of halogens is 4. The molecular weight excluding hydrogens is 456 g/mol. The summed E-state index contributed by atoms with van der Waals surface area (Å²) in [4.78, 5) is 16.5. The molecule has 1 aliphatic heterocycles. The molecule has 0 N–H and O–H groups in total. The zero-order valence-electron chi connectivity index (χ0n) is 18.3. The molecule has 2 amide bonds. The van der Waals surface area contributed by atoms with E-state index in [0.717, 1.165) is 25.3 Å². The Bertz CT molecular complexity index is 1140. The van der Waals surface area contributed by atoms with Crippen LogP contribution in [0, 0.1) is 5.82 Å². The molecule has 0 radical (unpaired) electrons. The highest BCUT2D eigenvalue weighted by Crippen LogP contribution is 2.31. The molecule has 0 bridgehead atoms. The van der Waals surface area contributed by atoms with E-state index in [-0.39, 0.29) is 23.7 Å². The number of alkyl halides is 3. The molecule has 1 aromatic heterocycles. The summed E-state index contributed by atoms with van der Waals surface area (Å²) in [7, 11) is 1.53. The number of hydrogen-bond donors (Lipinski definition) is 0. The van der Waals surface area contributed by atoms with Crippen LogP contribution in [0.2, 0.25) is 0 Å². The third kappa shape index (κ3) is 5.13. The zero-order valence-corrected chi connectivity index (χ0v) is 18.3. The molecule has 1 fully saturated rings. The number of piperidine rings is 1. The third-order valence-corrected chi connectivity index (χ3v) is 5.54. The van der Waals surface area contributed by atoms with Gasteiger partial charge in [-0.3, -0.25) is 4.90 Å². The molecule has 0 spiro atoms. The summed E-state index contributed by atoms with van der Waals surface area (Å²) in [6.07, 6.45) is -1.95. The largest absolute Gasteiger partial charge is 0.497 e. The average molecular weight is 478 g/mol. The van der Waals surface area contributed by atoms with Gasteiger partial charge in [0, 0.05) is 29.9 Å². The molecule has 3 aromatic rings. The molecule has 2 aromatic carbocycles. The minimum absolute atomic E-state index is 0.00241. The molecular formula is C23H22F4N4O3. The summed E-state index contributed by atoms with van der Waals surface area (Å²) in [5, 5.41) is 6.31. The minimum Gasteiger partial charge on any atom is -0.497 e. The Hall–Kier alpha value is -3.63. The molecule has 0 atom stereocenters. The summed E-state index contributed by atoms with van der Waals surface area (Å²) >= 11 is 0. The molecule has 7 nitrogen and oxygen atoms in total. The lowest BCUT2D eigenvalue weighted by Crippen LogP contribution is -2.45. The maximum Gasteiger partial charge on any atom is 0.470 e. The van der Waals surface area contributed by atoms with Crippen LogP contribution in [0.5, 0.6) is 5.75 Å². The first-order valence-corrected chi connectivity index (χ1v) is 10.7. The van der Waals surface area contributed by atoms with Crippen molar-refractivity contribution in [3.05, 3.63) is 59.7 Å². The van der Waals surface area contributed by atoms with Gasteiger partial charge in [0.1, 0.15) is 11.6 Å². The zero-order chi connectivity index (χ0) is 24.3. The second-order valence-corrected chi connectivity index (χ2v) is 7.83. The van der Waals surface area contributed by atoms with Crippen molar-refractivity contribution < 1.29 is 31.5 Å². The summed E-state index contributed by atoms with van der Waals surface area (Å²) < 4.78 is 63.0. The van der Waals surface area contributed by atoms with Gasteiger partial charge in [0.25, 0.3) is 0 Å². The molecule has 34 heavy (non-hydrogen) atoms. The van der Waals surface area contributed by atoms with E-state index in [1.165, 1.54) is 24.1 Å². The smallest absolute Gasteiger partial charge is 0.470 e. The number of rotatable bonds is 5. The Morgan fingerprint density at radius 3 is 2.38 bits per heavy atom. The van der Waals surface area contributed by atoms with Crippen LogP contribution in [0.15, 0.2) is 46.9 Å². The van der Waals surface area contributed by atoms with Crippen LogP contribution in [0.1, 0.15) is 30.7 Å². The number of likely N-dealkylation sites (tertiary alicyclic amines) is 1. The summed E-state index contributed by atoms with van der Waals surface area (Å²) in [6, 6.07) is 10.4. The van der Waals surface area contributed by atoms with Crippen LogP contribution >= 0.6 is 0 Å². The van der Waals surface area contributed by atoms with Crippen LogP contribution in [-0.2, 0) is 12.7 Å². The van der Waals surface area contributed by atoms with Gasteiger partial charge in [0.2, 0.25) is 5.89 Å². The van der Waals surface area contributed by atoms with Crippen molar-refractivity contribution in [1.29, 1.82) is 0 Å². The SMILES string of the molecule is COc1ccc(N(Cc2ccc(-c3nnc(C(F)(F)F)o3)cc2F)C(=O)N2CCCCC2)cc1. The van der Waals surface area contributed by atoms with Gasteiger partial charge in [-0.2, -0.15) is 13.2 Å². The van der Waals surface area contributed by atoms with Gasteiger partial charge < -0.3 is 14.1 Å². The highest BCUT2D eigenvalue weighted by Gasteiger charge is 2.38. The number of carbonyl (C=O) groups is 1.